The van der Waals surface area contributed by atoms with Gasteiger partial charge < -0.3 is 4.74 Å². The van der Waals surface area contributed by atoms with Gasteiger partial charge in [0.1, 0.15) is 0 Å². The number of halogens is 1. The number of carbonyl (C=O) groups is 2. The Bertz CT molecular complexity index is 647. The maximum Gasteiger partial charge on any atom is 0.324 e. The molecule has 0 radical (unpaired) electrons. The minimum atomic E-state index is -1.15. The topological polar surface area (TPSA) is 43.4 Å². The highest BCUT2D eigenvalue weighted by Crippen LogP contribution is 2.46. The van der Waals surface area contributed by atoms with Gasteiger partial charge in [-0.05, 0) is 43.0 Å². The van der Waals surface area contributed by atoms with Crippen LogP contribution in [0.3, 0.4) is 0 Å². The molecule has 2 aliphatic carbocycles. The highest BCUT2D eigenvalue weighted by atomic mass is 79.9. The lowest BCUT2D eigenvalue weighted by atomic mass is 9.59. The van der Waals surface area contributed by atoms with E-state index in [-0.39, 0.29) is 11.7 Å². The van der Waals surface area contributed by atoms with Gasteiger partial charge in [0.05, 0.1) is 7.11 Å². The predicted octanol–water partition coefficient (Wildman–Crippen LogP) is 2.95. The summed E-state index contributed by atoms with van der Waals surface area (Å²) in [6, 6.07) is 5.76. The average molecular weight is 335 g/mol. The van der Waals surface area contributed by atoms with Crippen molar-refractivity contribution in [3.8, 4) is 0 Å². The number of ether oxygens (including phenoxy) is 1. The number of allylic oxidation sites excluding steroid dienone is 2. The fourth-order valence-corrected chi connectivity index (χ4v) is 3.93. The van der Waals surface area contributed by atoms with Crippen LogP contribution in [0.1, 0.15) is 24.5 Å². The van der Waals surface area contributed by atoms with E-state index in [2.05, 4.69) is 15.9 Å². The molecule has 0 N–H and O–H groups in total. The summed E-state index contributed by atoms with van der Waals surface area (Å²) in [7, 11) is 1.35. The van der Waals surface area contributed by atoms with Crippen molar-refractivity contribution in [1.82, 2.24) is 0 Å². The van der Waals surface area contributed by atoms with E-state index in [1.807, 2.05) is 31.2 Å². The van der Waals surface area contributed by atoms with Crippen LogP contribution in [-0.4, -0.2) is 18.9 Å². The molecular formula is C16H15BrO3. The van der Waals surface area contributed by atoms with Crippen LogP contribution in [0.2, 0.25) is 0 Å². The van der Waals surface area contributed by atoms with E-state index >= 15 is 0 Å². The molecule has 1 aromatic rings. The van der Waals surface area contributed by atoms with Gasteiger partial charge in [0.15, 0.2) is 11.2 Å². The van der Waals surface area contributed by atoms with Crippen LogP contribution in [0.5, 0.6) is 0 Å². The number of fused-ring (bicyclic) bond motifs is 4. The van der Waals surface area contributed by atoms with Gasteiger partial charge in [0.25, 0.3) is 0 Å². The molecule has 0 heterocycles. The summed E-state index contributed by atoms with van der Waals surface area (Å²) in [5.41, 5.74) is 1.79. The Morgan fingerprint density at radius 3 is 2.90 bits per heavy atom. The third kappa shape index (κ3) is 1.71. The van der Waals surface area contributed by atoms with Crippen LogP contribution in [0.4, 0.5) is 0 Å². The molecule has 2 atom stereocenters. The molecule has 0 fully saturated rings. The molecule has 0 saturated carbocycles. The first-order valence-electron chi connectivity index (χ1n) is 6.58. The minimum Gasteiger partial charge on any atom is -0.468 e. The molecule has 4 heteroatoms. The number of ketones is 1. The van der Waals surface area contributed by atoms with E-state index in [0.29, 0.717) is 12.8 Å². The summed E-state index contributed by atoms with van der Waals surface area (Å²) in [6.45, 7) is 1.97. The third-order valence-corrected chi connectivity index (χ3v) is 4.78. The molecule has 0 aromatic heterocycles. The van der Waals surface area contributed by atoms with Gasteiger partial charge in [0.2, 0.25) is 0 Å². The van der Waals surface area contributed by atoms with Crippen molar-refractivity contribution in [2.75, 3.05) is 7.11 Å². The van der Waals surface area contributed by atoms with Crippen molar-refractivity contribution in [3.05, 3.63) is 45.4 Å². The number of carbonyl (C=O) groups excluding carboxylic acids is 2. The summed E-state index contributed by atoms with van der Waals surface area (Å²) in [5, 5.41) is 0. The molecule has 3 nitrogen and oxygen atoms in total. The van der Waals surface area contributed by atoms with Crippen molar-refractivity contribution in [3.63, 3.8) is 0 Å². The van der Waals surface area contributed by atoms with Gasteiger partial charge >= 0.3 is 5.97 Å². The quantitative estimate of drug-likeness (QED) is 0.450. The zero-order chi connectivity index (χ0) is 14.5. The molecule has 20 heavy (non-hydrogen) atoms. The van der Waals surface area contributed by atoms with E-state index in [0.717, 1.165) is 21.2 Å². The Morgan fingerprint density at radius 1 is 1.45 bits per heavy atom. The zero-order valence-corrected chi connectivity index (χ0v) is 13.0. The monoisotopic (exact) mass is 334 g/mol. The number of hydrogen-bond acceptors (Lipinski definition) is 3. The SMILES string of the molecule is COC(=O)[C@@]12CC(C)=C[C@@H](Cc3cc(Br)ccc31)C2=O. The summed E-state index contributed by atoms with van der Waals surface area (Å²) in [4.78, 5) is 25.2. The number of benzene rings is 1. The first-order valence-corrected chi connectivity index (χ1v) is 7.37. The molecule has 0 saturated heterocycles. The van der Waals surface area contributed by atoms with E-state index < -0.39 is 11.4 Å². The number of Topliss-reactive ketones (excluding diaryl/α,β-unsaturated/α-hetero) is 1. The minimum absolute atomic E-state index is 0.0234. The number of rotatable bonds is 1. The molecule has 0 aliphatic heterocycles. The molecule has 2 aliphatic rings. The fourth-order valence-electron chi connectivity index (χ4n) is 3.52. The Morgan fingerprint density at radius 2 is 2.20 bits per heavy atom. The second kappa shape index (κ2) is 4.55. The predicted molar refractivity (Wildman–Crippen MR) is 78.4 cm³/mol. The molecule has 104 valence electrons. The van der Waals surface area contributed by atoms with Gasteiger partial charge in [-0.2, -0.15) is 0 Å². The summed E-state index contributed by atoms with van der Waals surface area (Å²) in [5.74, 6) is -0.683. The molecule has 0 amide bonds. The molecule has 3 rings (SSSR count). The Balaban J connectivity index is 2.29. The van der Waals surface area contributed by atoms with E-state index in [4.69, 9.17) is 4.74 Å². The molecule has 0 unspecified atom stereocenters. The molecule has 1 aromatic carbocycles. The lowest BCUT2D eigenvalue weighted by Gasteiger charge is -2.41. The van der Waals surface area contributed by atoms with Crippen LogP contribution in [-0.2, 0) is 26.2 Å². The van der Waals surface area contributed by atoms with Crippen LogP contribution < -0.4 is 0 Å². The second-order valence-corrected chi connectivity index (χ2v) is 6.48. The van der Waals surface area contributed by atoms with Gasteiger partial charge in [-0.15, -0.1) is 0 Å². The van der Waals surface area contributed by atoms with Crippen molar-refractivity contribution in [2.24, 2.45) is 5.92 Å². The van der Waals surface area contributed by atoms with Crippen molar-refractivity contribution < 1.29 is 14.3 Å². The molecular weight excluding hydrogens is 320 g/mol. The maximum atomic E-state index is 12.8. The number of esters is 1. The number of hydrogen-bond donors (Lipinski definition) is 0. The first-order chi connectivity index (χ1) is 9.49. The Kier molecular flexibility index (Phi) is 3.09. The van der Waals surface area contributed by atoms with E-state index in [1.54, 1.807) is 0 Å². The molecule has 0 spiro atoms. The smallest absolute Gasteiger partial charge is 0.324 e. The normalized spacial score (nSPS) is 27.6. The van der Waals surface area contributed by atoms with Crippen molar-refractivity contribution in [2.45, 2.75) is 25.2 Å². The van der Waals surface area contributed by atoms with Gasteiger partial charge in [-0.3, -0.25) is 9.59 Å². The Labute approximate surface area is 126 Å². The fraction of sp³-hybridized carbons (Fsp3) is 0.375. The van der Waals surface area contributed by atoms with Crippen LogP contribution >= 0.6 is 15.9 Å². The highest BCUT2D eigenvalue weighted by Gasteiger charge is 2.55. The first kappa shape index (κ1) is 13.6. The summed E-state index contributed by atoms with van der Waals surface area (Å²) < 4.78 is 5.94. The standard InChI is InChI=1S/C16H15BrO3/c1-9-5-11-6-10-7-12(17)3-4-13(10)16(8-9,14(11)18)15(19)20-2/h3-5,7,11H,6,8H2,1-2H3/t11-,16-/m0/s1. The summed E-state index contributed by atoms with van der Waals surface area (Å²) >= 11 is 3.45. The maximum absolute atomic E-state index is 12.8. The lowest BCUT2D eigenvalue weighted by molar-refractivity contribution is -0.154. The molecule has 2 bridgehead atoms. The van der Waals surface area contributed by atoms with Gasteiger partial charge in [-0.1, -0.05) is 33.6 Å². The number of methoxy groups -OCH3 is 1. The van der Waals surface area contributed by atoms with Crippen molar-refractivity contribution >= 4 is 27.7 Å². The summed E-state index contributed by atoms with van der Waals surface area (Å²) in [6.07, 6.45) is 3.07. The van der Waals surface area contributed by atoms with E-state index in [1.165, 1.54) is 7.11 Å². The van der Waals surface area contributed by atoms with E-state index in [9.17, 15) is 9.59 Å². The van der Waals surface area contributed by atoms with Gasteiger partial charge in [0, 0.05) is 10.4 Å². The lowest BCUT2D eigenvalue weighted by Crippen LogP contribution is -2.53. The third-order valence-electron chi connectivity index (χ3n) is 4.29. The van der Waals surface area contributed by atoms with Crippen LogP contribution in [0, 0.1) is 5.92 Å². The Hall–Kier alpha value is -1.42. The zero-order valence-electron chi connectivity index (χ0n) is 11.4. The van der Waals surface area contributed by atoms with Crippen LogP contribution in [0.15, 0.2) is 34.3 Å². The largest absolute Gasteiger partial charge is 0.468 e. The second-order valence-electron chi connectivity index (χ2n) is 5.56. The van der Waals surface area contributed by atoms with Crippen LogP contribution in [0.25, 0.3) is 0 Å². The van der Waals surface area contributed by atoms with Crippen molar-refractivity contribution in [1.29, 1.82) is 0 Å². The average Bonchev–Trinajstić information content (AvgIpc) is 2.40. The van der Waals surface area contributed by atoms with Gasteiger partial charge in [-0.25, -0.2) is 0 Å². The highest BCUT2D eigenvalue weighted by molar-refractivity contribution is 9.10.